The Hall–Kier alpha value is -3.19. The fourth-order valence-corrected chi connectivity index (χ4v) is 2.35. The molecule has 0 spiro atoms. The van der Waals surface area contributed by atoms with Crippen LogP contribution in [0, 0.1) is 5.82 Å². The number of H-pyrrole nitrogens is 1. The van der Waals surface area contributed by atoms with E-state index in [9.17, 15) is 4.39 Å². The molecule has 4 rings (SSSR count). The van der Waals surface area contributed by atoms with Gasteiger partial charge in [0.2, 0.25) is 5.82 Å². The minimum Gasteiger partial charge on any atom is -0.457 e. The molecule has 0 unspecified atom stereocenters. The summed E-state index contributed by atoms with van der Waals surface area (Å²) in [4.78, 5) is 4.29. The Morgan fingerprint density at radius 1 is 1.00 bits per heavy atom. The molecule has 4 aromatic rings. The van der Waals surface area contributed by atoms with Gasteiger partial charge in [0.1, 0.15) is 23.0 Å². The average molecular weight is 357 g/mol. The third kappa shape index (κ3) is 3.22. The predicted octanol–water partition coefficient (Wildman–Crippen LogP) is 4.71. The summed E-state index contributed by atoms with van der Waals surface area (Å²) in [5.41, 5.74) is 1.22. The lowest BCUT2D eigenvalue weighted by Crippen LogP contribution is -1.86. The van der Waals surface area contributed by atoms with Crippen LogP contribution in [0.2, 0.25) is 5.02 Å². The topological polar surface area (TPSA) is 76.8 Å². The molecule has 0 aliphatic carbocycles. The van der Waals surface area contributed by atoms with E-state index in [2.05, 4.69) is 20.3 Å². The average Bonchev–Trinajstić information content (AvgIpc) is 3.26. The van der Waals surface area contributed by atoms with E-state index in [1.54, 1.807) is 36.4 Å². The number of aromatic amines is 1. The van der Waals surface area contributed by atoms with Crippen LogP contribution < -0.4 is 4.74 Å². The van der Waals surface area contributed by atoms with Crippen molar-refractivity contribution in [3.63, 3.8) is 0 Å². The normalized spacial score (nSPS) is 10.8. The van der Waals surface area contributed by atoms with Crippen LogP contribution in [0.5, 0.6) is 11.5 Å². The van der Waals surface area contributed by atoms with Gasteiger partial charge in [-0.1, -0.05) is 16.8 Å². The first-order valence-electron chi connectivity index (χ1n) is 7.26. The molecule has 25 heavy (non-hydrogen) atoms. The van der Waals surface area contributed by atoms with Crippen molar-refractivity contribution in [1.29, 1.82) is 0 Å². The maximum atomic E-state index is 12.9. The van der Waals surface area contributed by atoms with Crippen LogP contribution in [0.4, 0.5) is 4.39 Å². The van der Waals surface area contributed by atoms with E-state index in [1.807, 2.05) is 0 Å². The molecular formula is C17H10ClFN4O2. The van der Waals surface area contributed by atoms with Crippen LogP contribution in [0.3, 0.4) is 0 Å². The number of benzene rings is 2. The molecule has 0 saturated carbocycles. The van der Waals surface area contributed by atoms with Gasteiger partial charge >= 0.3 is 0 Å². The van der Waals surface area contributed by atoms with Gasteiger partial charge in [0.25, 0.3) is 5.89 Å². The Morgan fingerprint density at radius 2 is 1.68 bits per heavy atom. The lowest BCUT2D eigenvalue weighted by atomic mass is 10.2. The van der Waals surface area contributed by atoms with E-state index in [-0.39, 0.29) is 11.7 Å². The molecule has 2 aromatic heterocycles. The van der Waals surface area contributed by atoms with E-state index in [1.165, 1.54) is 18.3 Å². The summed E-state index contributed by atoms with van der Waals surface area (Å²) in [6.07, 6.45) is 1.46. The van der Waals surface area contributed by atoms with E-state index in [0.29, 0.717) is 28.0 Å². The number of halogens is 2. The van der Waals surface area contributed by atoms with Crippen molar-refractivity contribution in [3.05, 3.63) is 65.6 Å². The second kappa shape index (κ2) is 6.37. The second-order valence-electron chi connectivity index (χ2n) is 5.10. The summed E-state index contributed by atoms with van der Waals surface area (Å²) < 4.78 is 23.7. The van der Waals surface area contributed by atoms with Crippen molar-refractivity contribution >= 4 is 11.6 Å². The van der Waals surface area contributed by atoms with Crippen LogP contribution in [0.1, 0.15) is 0 Å². The molecule has 2 aromatic carbocycles. The molecular weight excluding hydrogens is 347 g/mol. The van der Waals surface area contributed by atoms with Gasteiger partial charge in [-0.15, -0.1) is 0 Å². The number of rotatable bonds is 4. The summed E-state index contributed by atoms with van der Waals surface area (Å²) in [6.45, 7) is 0. The largest absolute Gasteiger partial charge is 0.457 e. The molecule has 0 amide bonds. The zero-order chi connectivity index (χ0) is 17.2. The predicted molar refractivity (Wildman–Crippen MR) is 88.8 cm³/mol. The van der Waals surface area contributed by atoms with Crippen LogP contribution in [0.25, 0.3) is 23.0 Å². The summed E-state index contributed by atoms with van der Waals surface area (Å²) in [7, 11) is 0. The fourth-order valence-electron chi connectivity index (χ4n) is 2.17. The van der Waals surface area contributed by atoms with E-state index in [4.69, 9.17) is 20.9 Å². The zero-order valence-corrected chi connectivity index (χ0v) is 13.4. The number of nitrogens with zero attached hydrogens (tertiary/aromatic N) is 3. The van der Waals surface area contributed by atoms with Crippen molar-refractivity contribution in [2.24, 2.45) is 0 Å². The highest BCUT2D eigenvalue weighted by Crippen LogP contribution is 2.28. The molecule has 0 radical (unpaired) electrons. The first-order chi connectivity index (χ1) is 12.2. The second-order valence-corrected chi connectivity index (χ2v) is 5.50. The first kappa shape index (κ1) is 15.3. The molecule has 2 heterocycles. The first-order valence-corrected chi connectivity index (χ1v) is 7.63. The zero-order valence-electron chi connectivity index (χ0n) is 12.6. The Bertz CT molecular complexity index is 996. The van der Waals surface area contributed by atoms with Gasteiger partial charge in [-0.3, -0.25) is 5.10 Å². The Morgan fingerprint density at radius 3 is 2.32 bits per heavy atom. The van der Waals surface area contributed by atoms with Gasteiger partial charge in [0, 0.05) is 5.56 Å². The van der Waals surface area contributed by atoms with Gasteiger partial charge in [-0.05, 0) is 48.5 Å². The summed E-state index contributed by atoms with van der Waals surface area (Å²) >= 11 is 5.98. The molecule has 1 N–H and O–H groups in total. The molecule has 0 aliphatic rings. The minimum atomic E-state index is -0.312. The monoisotopic (exact) mass is 356 g/mol. The Labute approximate surface area is 146 Å². The van der Waals surface area contributed by atoms with Crippen molar-refractivity contribution < 1.29 is 13.7 Å². The minimum absolute atomic E-state index is 0.254. The molecule has 6 nitrogen and oxygen atoms in total. The molecule has 0 saturated heterocycles. The van der Waals surface area contributed by atoms with E-state index < -0.39 is 0 Å². The summed E-state index contributed by atoms with van der Waals surface area (Å²) in [5.74, 6) is 1.51. The maximum Gasteiger partial charge on any atom is 0.277 e. The summed E-state index contributed by atoms with van der Waals surface area (Å²) in [5, 5.41) is 10.8. The number of ether oxygens (including phenoxy) is 1. The van der Waals surface area contributed by atoms with Crippen molar-refractivity contribution in [2.75, 3.05) is 0 Å². The highest BCUT2D eigenvalue weighted by Gasteiger charge is 2.15. The van der Waals surface area contributed by atoms with Crippen molar-refractivity contribution in [3.8, 4) is 34.5 Å². The van der Waals surface area contributed by atoms with Gasteiger partial charge in [-0.25, -0.2) is 4.39 Å². The van der Waals surface area contributed by atoms with Crippen LogP contribution >= 0.6 is 11.6 Å². The van der Waals surface area contributed by atoms with Crippen LogP contribution in [0.15, 0.2) is 59.3 Å². The van der Waals surface area contributed by atoms with E-state index in [0.717, 1.165) is 5.56 Å². The SMILES string of the molecule is Fc1ccc(Oc2ccc(-c3noc(-c4[nH]ncc4Cl)n3)cc2)cc1. The molecule has 0 fully saturated rings. The third-order valence-electron chi connectivity index (χ3n) is 3.39. The maximum absolute atomic E-state index is 12.9. The van der Waals surface area contributed by atoms with Crippen molar-refractivity contribution in [2.45, 2.75) is 0 Å². The number of nitrogens with one attached hydrogen (secondary N) is 1. The van der Waals surface area contributed by atoms with Gasteiger partial charge in [0.15, 0.2) is 0 Å². The number of hydrogen-bond donors (Lipinski definition) is 1. The number of hydrogen-bond acceptors (Lipinski definition) is 5. The van der Waals surface area contributed by atoms with E-state index >= 15 is 0 Å². The highest BCUT2D eigenvalue weighted by molar-refractivity contribution is 6.32. The molecule has 0 atom stereocenters. The van der Waals surface area contributed by atoms with Crippen molar-refractivity contribution in [1.82, 2.24) is 20.3 Å². The molecule has 8 heteroatoms. The Kier molecular flexibility index (Phi) is 3.91. The number of aromatic nitrogens is 4. The highest BCUT2D eigenvalue weighted by atomic mass is 35.5. The molecule has 124 valence electrons. The lowest BCUT2D eigenvalue weighted by molar-refractivity contribution is 0.431. The van der Waals surface area contributed by atoms with Gasteiger partial charge in [-0.2, -0.15) is 10.1 Å². The smallest absolute Gasteiger partial charge is 0.277 e. The van der Waals surface area contributed by atoms with Crippen LogP contribution in [-0.4, -0.2) is 20.3 Å². The van der Waals surface area contributed by atoms with Gasteiger partial charge in [0.05, 0.1) is 11.2 Å². The van der Waals surface area contributed by atoms with Gasteiger partial charge < -0.3 is 9.26 Å². The standard InChI is InChI=1S/C17H10ClFN4O2/c18-14-9-20-22-15(14)17-21-16(23-25-17)10-1-5-12(6-2-10)24-13-7-3-11(19)4-8-13/h1-9H,(H,20,22). The molecule has 0 bridgehead atoms. The third-order valence-corrected chi connectivity index (χ3v) is 3.68. The molecule has 0 aliphatic heterocycles. The quantitative estimate of drug-likeness (QED) is 0.573. The lowest BCUT2D eigenvalue weighted by Gasteiger charge is -2.05. The summed E-state index contributed by atoms with van der Waals surface area (Å²) in [6, 6.07) is 12.9. The Balaban J connectivity index is 1.53. The van der Waals surface area contributed by atoms with Crippen LogP contribution in [-0.2, 0) is 0 Å². The fraction of sp³-hybridized carbons (Fsp3) is 0.